The molecule has 6 nitrogen and oxygen atoms in total. The fraction of sp³-hybridized carbons (Fsp3) is 0.417. The molecule has 1 aliphatic rings. The zero-order valence-corrected chi connectivity index (χ0v) is 11.2. The summed E-state index contributed by atoms with van der Waals surface area (Å²) in [6, 6.07) is 2.64. The largest absolute Gasteiger partial charge is 0.377 e. The minimum absolute atomic E-state index is 0.181. The zero-order valence-electron chi connectivity index (χ0n) is 10.4. The van der Waals surface area contributed by atoms with Crippen LogP contribution in [-0.4, -0.2) is 47.4 Å². The van der Waals surface area contributed by atoms with Gasteiger partial charge in [0.05, 0.1) is 35.8 Å². The number of rotatable bonds is 3. The van der Waals surface area contributed by atoms with Gasteiger partial charge in [-0.05, 0) is 6.07 Å². The molecule has 0 bridgehead atoms. The lowest BCUT2D eigenvalue weighted by atomic mass is 10.1. The number of benzene rings is 1. The van der Waals surface area contributed by atoms with Crippen molar-refractivity contribution in [3.63, 3.8) is 0 Å². The van der Waals surface area contributed by atoms with Gasteiger partial charge in [-0.2, -0.15) is 0 Å². The number of carbonyl (C=O) groups excluding carboxylic acids is 1. The van der Waals surface area contributed by atoms with E-state index < -0.39 is 22.3 Å². The second kappa shape index (κ2) is 6.15. The monoisotopic (exact) mass is 302 g/mol. The van der Waals surface area contributed by atoms with E-state index in [4.69, 9.17) is 16.3 Å². The maximum atomic E-state index is 13.8. The SMILES string of the molecule is O=C(c1ccc([N+](=O)[O-])cc1F)N1CCOCC1CCl. The number of hydrogen-bond acceptors (Lipinski definition) is 4. The van der Waals surface area contributed by atoms with Crippen LogP contribution in [0.2, 0.25) is 0 Å². The van der Waals surface area contributed by atoms with Gasteiger partial charge in [0.25, 0.3) is 11.6 Å². The number of nitrogens with zero attached hydrogens (tertiary/aromatic N) is 2. The molecule has 0 aromatic heterocycles. The number of carbonyl (C=O) groups is 1. The lowest BCUT2D eigenvalue weighted by Crippen LogP contribution is -2.49. The number of hydrogen-bond donors (Lipinski definition) is 0. The molecule has 1 atom stereocenters. The molecule has 1 heterocycles. The summed E-state index contributed by atoms with van der Waals surface area (Å²) in [6.07, 6.45) is 0. The van der Waals surface area contributed by atoms with Crippen LogP contribution in [-0.2, 0) is 4.74 Å². The van der Waals surface area contributed by atoms with Gasteiger partial charge in [-0.25, -0.2) is 4.39 Å². The van der Waals surface area contributed by atoms with Crippen molar-refractivity contribution in [2.24, 2.45) is 0 Å². The second-order valence-corrected chi connectivity index (χ2v) is 4.61. The summed E-state index contributed by atoms with van der Waals surface area (Å²) in [4.78, 5) is 23.5. The molecule has 8 heteroatoms. The van der Waals surface area contributed by atoms with Gasteiger partial charge in [0.2, 0.25) is 0 Å². The number of ether oxygens (including phenoxy) is 1. The number of nitro benzene ring substituents is 1. The van der Waals surface area contributed by atoms with Crippen LogP contribution < -0.4 is 0 Å². The highest BCUT2D eigenvalue weighted by Gasteiger charge is 2.29. The van der Waals surface area contributed by atoms with E-state index in [0.717, 1.165) is 18.2 Å². The lowest BCUT2D eigenvalue weighted by molar-refractivity contribution is -0.385. The Kier molecular flexibility index (Phi) is 4.51. The van der Waals surface area contributed by atoms with Gasteiger partial charge in [0, 0.05) is 18.5 Å². The molecule has 108 valence electrons. The molecule has 1 aromatic rings. The summed E-state index contributed by atoms with van der Waals surface area (Å²) >= 11 is 5.76. The standard InChI is InChI=1S/C12H12ClFN2O4/c13-6-9-7-20-4-3-15(9)12(17)10-2-1-8(16(18)19)5-11(10)14/h1-2,5,9H,3-4,6-7H2. The Morgan fingerprint density at radius 1 is 1.60 bits per heavy atom. The minimum Gasteiger partial charge on any atom is -0.377 e. The Balaban J connectivity index is 2.26. The van der Waals surface area contributed by atoms with E-state index in [1.165, 1.54) is 4.90 Å². The van der Waals surface area contributed by atoms with E-state index in [-0.39, 0.29) is 17.5 Å². The quantitative estimate of drug-likeness (QED) is 0.485. The van der Waals surface area contributed by atoms with E-state index in [1.54, 1.807) is 0 Å². The highest BCUT2D eigenvalue weighted by Crippen LogP contribution is 2.20. The maximum Gasteiger partial charge on any atom is 0.272 e. The Morgan fingerprint density at radius 3 is 2.95 bits per heavy atom. The Bertz CT molecular complexity index is 540. The Morgan fingerprint density at radius 2 is 2.35 bits per heavy atom. The third kappa shape index (κ3) is 2.88. The summed E-state index contributed by atoms with van der Waals surface area (Å²) < 4.78 is 19.0. The second-order valence-electron chi connectivity index (χ2n) is 4.30. The normalized spacial score (nSPS) is 18.9. The van der Waals surface area contributed by atoms with Gasteiger partial charge < -0.3 is 9.64 Å². The summed E-state index contributed by atoms with van der Waals surface area (Å²) in [5.41, 5.74) is -0.595. The fourth-order valence-electron chi connectivity index (χ4n) is 2.00. The van der Waals surface area contributed by atoms with Crippen LogP contribution in [0.5, 0.6) is 0 Å². The minimum atomic E-state index is -0.913. The molecule has 0 N–H and O–H groups in total. The molecule has 1 saturated heterocycles. The number of nitro groups is 1. The van der Waals surface area contributed by atoms with Crippen molar-refractivity contribution in [1.29, 1.82) is 0 Å². The Labute approximate surface area is 119 Å². The third-order valence-corrected chi connectivity index (χ3v) is 3.42. The summed E-state index contributed by atoms with van der Waals surface area (Å²) in [6.45, 7) is 0.963. The van der Waals surface area contributed by atoms with Crippen LogP contribution in [0.4, 0.5) is 10.1 Å². The highest BCUT2D eigenvalue weighted by atomic mass is 35.5. The van der Waals surface area contributed by atoms with Crippen LogP contribution in [0.15, 0.2) is 18.2 Å². The highest BCUT2D eigenvalue weighted by molar-refractivity contribution is 6.18. The van der Waals surface area contributed by atoms with Crippen molar-refractivity contribution in [2.75, 3.05) is 25.6 Å². The van der Waals surface area contributed by atoms with Crippen LogP contribution in [0.1, 0.15) is 10.4 Å². The van der Waals surface area contributed by atoms with Gasteiger partial charge in [0.15, 0.2) is 0 Å². The van der Waals surface area contributed by atoms with Crippen LogP contribution in [0, 0.1) is 15.9 Å². The number of non-ortho nitro benzene ring substituents is 1. The maximum absolute atomic E-state index is 13.8. The number of morpholine rings is 1. The third-order valence-electron chi connectivity index (χ3n) is 3.06. The Hall–Kier alpha value is -1.73. The van der Waals surface area contributed by atoms with Gasteiger partial charge in [-0.3, -0.25) is 14.9 Å². The average molecular weight is 303 g/mol. The molecule has 1 aliphatic heterocycles. The molecule has 1 fully saturated rings. The molecule has 20 heavy (non-hydrogen) atoms. The molecule has 0 aliphatic carbocycles. The predicted octanol–water partition coefficient (Wildman–Crippen LogP) is 1.81. The van der Waals surface area contributed by atoms with Gasteiger partial charge in [0.1, 0.15) is 5.82 Å². The number of halogens is 2. The van der Waals surface area contributed by atoms with Crippen molar-refractivity contribution in [2.45, 2.75) is 6.04 Å². The first-order chi connectivity index (χ1) is 9.54. The first-order valence-electron chi connectivity index (χ1n) is 5.93. The summed E-state index contributed by atoms with van der Waals surface area (Å²) in [5.74, 6) is -1.27. The van der Waals surface area contributed by atoms with Gasteiger partial charge in [-0.15, -0.1) is 11.6 Å². The predicted molar refractivity (Wildman–Crippen MR) is 69.4 cm³/mol. The van der Waals surface area contributed by atoms with E-state index >= 15 is 0 Å². The summed E-state index contributed by atoms with van der Waals surface area (Å²) in [7, 11) is 0. The van der Waals surface area contributed by atoms with E-state index in [9.17, 15) is 19.3 Å². The lowest BCUT2D eigenvalue weighted by Gasteiger charge is -2.34. The molecule has 1 aromatic carbocycles. The number of amides is 1. The molecular formula is C12H12ClFN2O4. The molecule has 1 unspecified atom stereocenters. The molecule has 2 rings (SSSR count). The first-order valence-corrected chi connectivity index (χ1v) is 6.46. The zero-order chi connectivity index (χ0) is 14.7. The summed E-state index contributed by atoms with van der Waals surface area (Å²) in [5, 5.41) is 10.5. The van der Waals surface area contributed by atoms with Gasteiger partial charge in [-0.1, -0.05) is 0 Å². The van der Waals surface area contributed by atoms with Crippen molar-refractivity contribution >= 4 is 23.2 Å². The van der Waals surface area contributed by atoms with Crippen molar-refractivity contribution in [1.82, 2.24) is 4.90 Å². The molecule has 0 radical (unpaired) electrons. The molecule has 1 amide bonds. The van der Waals surface area contributed by atoms with E-state index in [1.807, 2.05) is 0 Å². The smallest absolute Gasteiger partial charge is 0.272 e. The van der Waals surface area contributed by atoms with Crippen molar-refractivity contribution in [3.8, 4) is 0 Å². The van der Waals surface area contributed by atoms with Gasteiger partial charge >= 0.3 is 0 Å². The topological polar surface area (TPSA) is 72.7 Å². The number of alkyl halides is 1. The van der Waals surface area contributed by atoms with Crippen LogP contribution >= 0.6 is 11.6 Å². The average Bonchev–Trinajstić information content (AvgIpc) is 2.46. The van der Waals surface area contributed by atoms with E-state index in [0.29, 0.717) is 19.8 Å². The molecule has 0 spiro atoms. The molecular weight excluding hydrogens is 291 g/mol. The first kappa shape index (κ1) is 14.7. The van der Waals surface area contributed by atoms with Crippen LogP contribution in [0.25, 0.3) is 0 Å². The van der Waals surface area contributed by atoms with Crippen molar-refractivity contribution < 1.29 is 18.8 Å². The van der Waals surface area contributed by atoms with Crippen molar-refractivity contribution in [3.05, 3.63) is 39.7 Å². The van der Waals surface area contributed by atoms with E-state index in [2.05, 4.69) is 0 Å². The fourth-order valence-corrected chi connectivity index (χ4v) is 2.25. The molecule has 0 saturated carbocycles. The van der Waals surface area contributed by atoms with Crippen LogP contribution in [0.3, 0.4) is 0 Å².